The van der Waals surface area contributed by atoms with E-state index in [9.17, 15) is 9.59 Å². The lowest BCUT2D eigenvalue weighted by atomic mass is 10.2. The van der Waals surface area contributed by atoms with Gasteiger partial charge in [0, 0.05) is 11.9 Å². The molecule has 5 nitrogen and oxygen atoms in total. The third-order valence-electron chi connectivity index (χ3n) is 1.78. The molecule has 1 aromatic rings. The van der Waals surface area contributed by atoms with Crippen molar-refractivity contribution in [2.24, 2.45) is 0 Å². The summed E-state index contributed by atoms with van der Waals surface area (Å²) in [6.45, 7) is 3.14. The molecule has 0 bridgehead atoms. The molecule has 1 rings (SSSR count). The molecule has 0 atom stereocenters. The maximum atomic E-state index is 11.1. The number of anilines is 1. The Morgan fingerprint density at radius 1 is 1.53 bits per heavy atom. The summed E-state index contributed by atoms with van der Waals surface area (Å²) >= 11 is 0. The lowest BCUT2D eigenvalue weighted by molar-refractivity contribution is -0.111. The molecule has 0 aliphatic heterocycles. The molecule has 1 amide bonds. The average molecular weight is 206 g/mol. The van der Waals surface area contributed by atoms with E-state index in [1.165, 1.54) is 13.1 Å². The highest BCUT2D eigenvalue weighted by Gasteiger charge is 2.16. The number of aromatic carboxylic acids is 1. The van der Waals surface area contributed by atoms with Crippen molar-refractivity contribution in [1.82, 2.24) is 4.98 Å². The first-order chi connectivity index (χ1) is 7.06. The van der Waals surface area contributed by atoms with Crippen molar-refractivity contribution in [3.63, 3.8) is 0 Å². The minimum atomic E-state index is -1.09. The summed E-state index contributed by atoms with van der Waals surface area (Å²) in [5, 5.41) is 11.3. The number of carbonyl (C=O) groups excluding carboxylic acids is 1. The van der Waals surface area contributed by atoms with Gasteiger partial charge >= 0.3 is 5.97 Å². The summed E-state index contributed by atoms with van der Waals surface area (Å²) in [5.41, 5.74) is 0.774. The maximum absolute atomic E-state index is 11.1. The molecule has 1 heterocycles. The van der Waals surface area contributed by atoms with Crippen LogP contribution in [0.15, 0.2) is 6.20 Å². The average Bonchev–Trinajstić information content (AvgIpc) is 2.47. The maximum Gasteiger partial charge on any atom is 0.339 e. The molecular weight excluding hydrogens is 196 g/mol. The molecule has 0 saturated heterocycles. The van der Waals surface area contributed by atoms with E-state index >= 15 is 0 Å². The van der Waals surface area contributed by atoms with Crippen LogP contribution in [0.25, 0.3) is 0 Å². The zero-order valence-corrected chi connectivity index (χ0v) is 8.34. The molecule has 0 aliphatic carbocycles. The first kappa shape index (κ1) is 10.9. The third kappa shape index (κ3) is 2.38. The predicted molar refractivity (Wildman–Crippen MR) is 54.6 cm³/mol. The summed E-state index contributed by atoms with van der Waals surface area (Å²) < 4.78 is 0. The van der Waals surface area contributed by atoms with Gasteiger partial charge in [0.2, 0.25) is 0 Å². The van der Waals surface area contributed by atoms with Gasteiger partial charge in [0.05, 0.1) is 5.69 Å². The van der Waals surface area contributed by atoms with Gasteiger partial charge in [0.25, 0.3) is 5.91 Å². The number of carbonyl (C=O) groups is 2. The van der Waals surface area contributed by atoms with Gasteiger partial charge in [-0.1, -0.05) is 5.92 Å². The Labute approximate surface area is 86.5 Å². The summed E-state index contributed by atoms with van der Waals surface area (Å²) in [4.78, 5) is 24.7. The first-order valence-electron chi connectivity index (χ1n) is 4.21. The van der Waals surface area contributed by atoms with Crippen LogP contribution in [0.4, 0.5) is 5.69 Å². The van der Waals surface area contributed by atoms with E-state index in [1.807, 2.05) is 0 Å². The smallest absolute Gasteiger partial charge is 0.339 e. The molecule has 1 aromatic heterocycles. The summed E-state index contributed by atoms with van der Waals surface area (Å²) in [5.74, 6) is 3.07. The number of H-pyrrole nitrogens is 1. The number of rotatable bonds is 2. The normalized spacial score (nSPS) is 8.93. The van der Waals surface area contributed by atoms with Crippen molar-refractivity contribution in [2.45, 2.75) is 13.8 Å². The number of carboxylic acids is 1. The number of carboxylic acid groups (broad SMARTS) is 1. The molecule has 0 aliphatic rings. The van der Waals surface area contributed by atoms with E-state index in [0.717, 1.165) is 0 Å². The Bertz CT molecular complexity index is 463. The molecule has 0 unspecified atom stereocenters. The van der Waals surface area contributed by atoms with E-state index in [1.54, 1.807) is 6.92 Å². The van der Waals surface area contributed by atoms with Crippen molar-refractivity contribution in [1.29, 1.82) is 0 Å². The van der Waals surface area contributed by atoms with Crippen LogP contribution < -0.4 is 5.32 Å². The van der Waals surface area contributed by atoms with Crippen LogP contribution in [0, 0.1) is 18.8 Å². The molecular formula is C10H10N2O3. The molecule has 0 saturated carbocycles. The van der Waals surface area contributed by atoms with Gasteiger partial charge in [0.15, 0.2) is 0 Å². The minimum absolute atomic E-state index is 0.0567. The van der Waals surface area contributed by atoms with Gasteiger partial charge in [-0.05, 0) is 19.8 Å². The molecule has 0 spiro atoms. The standard InChI is InChI=1S/C10H10N2O3/c1-3-4-8(13)12-7-5-11-6(2)9(7)10(14)15/h5,11H,1-2H3,(H,12,13)(H,14,15). The van der Waals surface area contributed by atoms with Gasteiger partial charge in [-0.2, -0.15) is 0 Å². The Balaban J connectivity index is 2.99. The Kier molecular flexibility index (Phi) is 3.13. The second-order valence-electron chi connectivity index (χ2n) is 2.84. The van der Waals surface area contributed by atoms with E-state index in [4.69, 9.17) is 5.11 Å². The van der Waals surface area contributed by atoms with Crippen molar-refractivity contribution in [3.05, 3.63) is 17.5 Å². The number of aryl methyl sites for hydroxylation is 1. The topological polar surface area (TPSA) is 82.2 Å². The van der Waals surface area contributed by atoms with E-state index in [0.29, 0.717) is 5.69 Å². The third-order valence-corrected chi connectivity index (χ3v) is 1.78. The van der Waals surface area contributed by atoms with Gasteiger partial charge in [0.1, 0.15) is 5.56 Å². The Morgan fingerprint density at radius 3 is 2.73 bits per heavy atom. The first-order valence-corrected chi connectivity index (χ1v) is 4.21. The molecule has 3 N–H and O–H groups in total. The quantitative estimate of drug-likeness (QED) is 0.631. The van der Waals surface area contributed by atoms with Crippen molar-refractivity contribution >= 4 is 17.6 Å². The number of aromatic nitrogens is 1. The highest BCUT2D eigenvalue weighted by Crippen LogP contribution is 2.18. The summed E-state index contributed by atoms with van der Waals surface area (Å²) in [7, 11) is 0. The minimum Gasteiger partial charge on any atom is -0.478 e. The van der Waals surface area contributed by atoms with E-state index in [2.05, 4.69) is 22.1 Å². The SMILES string of the molecule is CC#CC(=O)Nc1c[nH]c(C)c1C(=O)O. The highest BCUT2D eigenvalue weighted by molar-refractivity contribution is 6.07. The highest BCUT2D eigenvalue weighted by atomic mass is 16.4. The Hall–Kier alpha value is -2.22. The predicted octanol–water partition coefficient (Wildman–Crippen LogP) is 0.983. The van der Waals surface area contributed by atoms with Crippen LogP contribution in [-0.2, 0) is 4.79 Å². The van der Waals surface area contributed by atoms with Crippen LogP contribution >= 0.6 is 0 Å². The molecule has 78 valence electrons. The zero-order chi connectivity index (χ0) is 11.4. The Morgan fingerprint density at radius 2 is 2.20 bits per heavy atom. The fourth-order valence-corrected chi connectivity index (χ4v) is 1.17. The molecule has 0 fully saturated rings. The van der Waals surface area contributed by atoms with Gasteiger partial charge in [-0.3, -0.25) is 4.79 Å². The number of hydrogen-bond donors (Lipinski definition) is 3. The number of hydrogen-bond acceptors (Lipinski definition) is 2. The van der Waals surface area contributed by atoms with E-state index < -0.39 is 11.9 Å². The summed E-state index contributed by atoms with van der Waals surface area (Å²) in [6.07, 6.45) is 1.42. The number of amides is 1. The lowest BCUT2D eigenvalue weighted by Gasteiger charge is -1.99. The lowest BCUT2D eigenvalue weighted by Crippen LogP contribution is -2.11. The van der Waals surface area contributed by atoms with Crippen LogP contribution in [0.1, 0.15) is 23.0 Å². The van der Waals surface area contributed by atoms with Crippen molar-refractivity contribution < 1.29 is 14.7 Å². The fraction of sp³-hybridized carbons (Fsp3) is 0.200. The van der Waals surface area contributed by atoms with Crippen molar-refractivity contribution in [3.8, 4) is 11.8 Å². The molecule has 0 radical (unpaired) electrons. The summed E-state index contributed by atoms with van der Waals surface area (Å²) in [6, 6.07) is 0. The van der Waals surface area contributed by atoms with Crippen LogP contribution in [0.2, 0.25) is 0 Å². The largest absolute Gasteiger partial charge is 0.478 e. The zero-order valence-electron chi connectivity index (χ0n) is 8.34. The second-order valence-corrected chi connectivity index (χ2v) is 2.84. The molecule has 5 heteroatoms. The molecule has 0 aromatic carbocycles. The van der Waals surface area contributed by atoms with E-state index in [-0.39, 0.29) is 11.3 Å². The van der Waals surface area contributed by atoms with Crippen LogP contribution in [-0.4, -0.2) is 22.0 Å². The van der Waals surface area contributed by atoms with Crippen molar-refractivity contribution in [2.75, 3.05) is 5.32 Å². The van der Waals surface area contributed by atoms with Crippen LogP contribution in [0.3, 0.4) is 0 Å². The van der Waals surface area contributed by atoms with Gasteiger partial charge in [-0.25, -0.2) is 4.79 Å². The van der Waals surface area contributed by atoms with Gasteiger partial charge < -0.3 is 15.4 Å². The number of nitrogens with one attached hydrogen (secondary N) is 2. The fourth-order valence-electron chi connectivity index (χ4n) is 1.17. The van der Waals surface area contributed by atoms with Gasteiger partial charge in [-0.15, -0.1) is 0 Å². The van der Waals surface area contributed by atoms with Crippen LogP contribution in [0.5, 0.6) is 0 Å². The molecule has 15 heavy (non-hydrogen) atoms. The number of aromatic amines is 1. The monoisotopic (exact) mass is 206 g/mol. The second kappa shape index (κ2) is 4.33.